The Hall–Kier alpha value is -1.05. The molecular weight excluding hydrogens is 354 g/mol. The molecule has 25 heavy (non-hydrogen) atoms. The van der Waals surface area contributed by atoms with E-state index < -0.39 is 15.3 Å². The Morgan fingerprint density at radius 2 is 2.04 bits per heavy atom. The highest BCUT2D eigenvalue weighted by molar-refractivity contribution is 7.90. The highest BCUT2D eigenvalue weighted by Gasteiger charge is 2.45. The van der Waals surface area contributed by atoms with Crippen molar-refractivity contribution in [1.82, 2.24) is 15.0 Å². The Morgan fingerprint density at radius 1 is 1.36 bits per heavy atom. The third-order valence-electron chi connectivity index (χ3n) is 5.31. The Kier molecular flexibility index (Phi) is 6.93. The predicted molar refractivity (Wildman–Crippen MR) is 106 cm³/mol. The molecule has 0 aromatic carbocycles. The van der Waals surface area contributed by atoms with Gasteiger partial charge < -0.3 is 5.32 Å². The molecule has 0 spiro atoms. The van der Waals surface area contributed by atoms with E-state index in [9.17, 15) is 8.42 Å². The lowest BCUT2D eigenvalue weighted by atomic mass is 9.61. The predicted octanol–water partition coefficient (Wildman–Crippen LogP) is 2.77. The number of sulfonamides is 1. The van der Waals surface area contributed by atoms with Crippen LogP contribution in [0.3, 0.4) is 0 Å². The van der Waals surface area contributed by atoms with Crippen LogP contribution in [0.4, 0.5) is 0 Å². The summed E-state index contributed by atoms with van der Waals surface area (Å²) in [5, 5.41) is 2.79. The summed E-state index contributed by atoms with van der Waals surface area (Å²) in [7, 11) is -1.36. The minimum absolute atomic E-state index is 0.242. The van der Waals surface area contributed by atoms with E-state index in [4.69, 9.17) is 12.2 Å². The van der Waals surface area contributed by atoms with E-state index in [2.05, 4.69) is 15.0 Å². The van der Waals surface area contributed by atoms with Crippen molar-refractivity contribution in [1.29, 1.82) is 0 Å². The van der Waals surface area contributed by atoms with Gasteiger partial charge in [0.15, 0.2) is 0 Å². The first kappa shape index (κ1) is 20.3. The van der Waals surface area contributed by atoms with Gasteiger partial charge in [0.25, 0.3) is 0 Å². The molecule has 0 amide bonds. The first-order valence-electron chi connectivity index (χ1n) is 8.95. The van der Waals surface area contributed by atoms with Gasteiger partial charge in [0, 0.05) is 31.4 Å². The minimum Gasteiger partial charge on any atom is -0.382 e. The standard InChI is InChI=1S/C18H29N3O2S2/c1-14(2)25(22,23)21-13-9-15-6-4-5-10-18(15,17(24)19-3)16-7-11-20-12-8-16/h7-8,11-12,14-15,21H,4-6,9-10,13H2,1-3H3,(H,19,24). The fourth-order valence-corrected chi connectivity index (χ4v) is 4.98. The van der Waals surface area contributed by atoms with Gasteiger partial charge in [-0.05, 0) is 56.7 Å². The second kappa shape index (κ2) is 8.56. The van der Waals surface area contributed by atoms with Gasteiger partial charge in [-0.2, -0.15) is 0 Å². The molecule has 1 fully saturated rings. The van der Waals surface area contributed by atoms with Crippen molar-refractivity contribution in [3.05, 3.63) is 30.1 Å². The Labute approximate surface area is 157 Å². The molecule has 1 aliphatic carbocycles. The number of nitrogens with one attached hydrogen (secondary N) is 2. The van der Waals surface area contributed by atoms with Crippen LogP contribution in [0.15, 0.2) is 24.5 Å². The quantitative estimate of drug-likeness (QED) is 0.709. The van der Waals surface area contributed by atoms with E-state index >= 15 is 0 Å². The van der Waals surface area contributed by atoms with Gasteiger partial charge in [-0.15, -0.1) is 0 Å². The average molecular weight is 384 g/mol. The first-order valence-corrected chi connectivity index (χ1v) is 10.9. The molecule has 1 aromatic rings. The van der Waals surface area contributed by atoms with Gasteiger partial charge in [-0.3, -0.25) is 4.98 Å². The molecule has 0 bridgehead atoms. The van der Waals surface area contributed by atoms with Crippen LogP contribution in [-0.4, -0.2) is 37.2 Å². The van der Waals surface area contributed by atoms with Crippen molar-refractivity contribution in [2.24, 2.45) is 5.92 Å². The van der Waals surface area contributed by atoms with Crippen LogP contribution in [0.1, 0.15) is 51.5 Å². The number of rotatable bonds is 7. The summed E-state index contributed by atoms with van der Waals surface area (Å²) in [6, 6.07) is 4.08. The molecule has 1 saturated carbocycles. The van der Waals surface area contributed by atoms with Gasteiger partial charge in [0.05, 0.1) is 10.2 Å². The molecule has 0 saturated heterocycles. The summed E-state index contributed by atoms with van der Waals surface area (Å²) in [4.78, 5) is 4.98. The number of hydrogen-bond donors (Lipinski definition) is 2. The highest BCUT2D eigenvalue weighted by Crippen LogP contribution is 2.46. The van der Waals surface area contributed by atoms with Gasteiger partial charge >= 0.3 is 0 Å². The fourth-order valence-electron chi connectivity index (χ4n) is 3.86. The maximum atomic E-state index is 12.0. The van der Waals surface area contributed by atoms with Gasteiger partial charge in [0.2, 0.25) is 10.0 Å². The SMILES string of the molecule is CNC(=S)C1(c2ccncc2)CCCCC1CCNS(=O)(=O)C(C)C. The molecule has 0 radical (unpaired) electrons. The average Bonchev–Trinajstić information content (AvgIpc) is 2.62. The minimum atomic E-state index is -3.24. The van der Waals surface area contributed by atoms with E-state index in [-0.39, 0.29) is 5.41 Å². The maximum absolute atomic E-state index is 12.0. The molecule has 1 aliphatic rings. The van der Waals surface area contributed by atoms with E-state index in [1.807, 2.05) is 31.6 Å². The Morgan fingerprint density at radius 3 is 2.64 bits per heavy atom. The number of thiocarbonyl (C=S) groups is 1. The van der Waals surface area contributed by atoms with Crippen LogP contribution in [0.25, 0.3) is 0 Å². The molecule has 2 atom stereocenters. The zero-order valence-corrected chi connectivity index (χ0v) is 16.9. The molecule has 1 heterocycles. The van der Waals surface area contributed by atoms with E-state index in [1.165, 1.54) is 5.56 Å². The molecule has 0 aliphatic heterocycles. The summed E-state index contributed by atoms with van der Waals surface area (Å²) in [6.07, 6.45) is 8.70. The van der Waals surface area contributed by atoms with Gasteiger partial charge in [-0.1, -0.05) is 25.1 Å². The lowest BCUT2D eigenvalue weighted by Gasteiger charge is -2.45. The lowest BCUT2D eigenvalue weighted by Crippen LogP contribution is -2.50. The highest BCUT2D eigenvalue weighted by atomic mass is 32.2. The molecule has 2 N–H and O–H groups in total. The van der Waals surface area contributed by atoms with Crippen molar-refractivity contribution in [2.75, 3.05) is 13.6 Å². The molecule has 5 nitrogen and oxygen atoms in total. The maximum Gasteiger partial charge on any atom is 0.213 e. The van der Waals surface area contributed by atoms with E-state index in [0.29, 0.717) is 12.5 Å². The number of nitrogens with zero attached hydrogens (tertiary/aromatic N) is 1. The normalized spacial score (nSPS) is 24.2. The number of pyridine rings is 1. The van der Waals surface area contributed by atoms with Crippen molar-refractivity contribution in [3.63, 3.8) is 0 Å². The van der Waals surface area contributed by atoms with Gasteiger partial charge in [0.1, 0.15) is 0 Å². The van der Waals surface area contributed by atoms with Crippen molar-refractivity contribution >= 4 is 27.2 Å². The summed E-state index contributed by atoms with van der Waals surface area (Å²) in [5.74, 6) is 0.304. The van der Waals surface area contributed by atoms with Crippen LogP contribution in [0, 0.1) is 5.92 Å². The molecular formula is C18H29N3O2S2. The van der Waals surface area contributed by atoms with Crippen LogP contribution in [-0.2, 0) is 15.4 Å². The molecule has 2 unspecified atom stereocenters. The zero-order valence-electron chi connectivity index (χ0n) is 15.3. The molecule has 140 valence electrons. The van der Waals surface area contributed by atoms with Gasteiger partial charge in [-0.25, -0.2) is 13.1 Å². The molecule has 7 heteroatoms. The second-order valence-electron chi connectivity index (χ2n) is 7.01. The van der Waals surface area contributed by atoms with Crippen LogP contribution in [0.2, 0.25) is 0 Å². The molecule has 2 rings (SSSR count). The number of likely N-dealkylation sites (N-methyl/N-ethyl adjacent to an activating group) is 1. The zero-order chi connectivity index (χ0) is 18.5. The van der Waals surface area contributed by atoms with Crippen molar-refractivity contribution in [3.8, 4) is 0 Å². The Bertz CT molecular complexity index is 677. The van der Waals surface area contributed by atoms with Crippen LogP contribution >= 0.6 is 12.2 Å². The smallest absolute Gasteiger partial charge is 0.213 e. The Balaban J connectivity index is 2.25. The van der Waals surface area contributed by atoms with Crippen molar-refractivity contribution < 1.29 is 8.42 Å². The lowest BCUT2D eigenvalue weighted by molar-refractivity contribution is 0.239. The summed E-state index contributed by atoms with van der Waals surface area (Å²) in [6.45, 7) is 3.84. The van der Waals surface area contributed by atoms with Crippen LogP contribution in [0.5, 0.6) is 0 Å². The molecule has 1 aromatic heterocycles. The van der Waals surface area contributed by atoms with Crippen molar-refractivity contribution in [2.45, 2.75) is 56.6 Å². The second-order valence-corrected chi connectivity index (χ2v) is 9.74. The van der Waals surface area contributed by atoms with E-state index in [1.54, 1.807) is 13.8 Å². The summed E-state index contributed by atoms with van der Waals surface area (Å²) >= 11 is 5.74. The van der Waals surface area contributed by atoms with Crippen LogP contribution < -0.4 is 10.0 Å². The fraction of sp³-hybridized carbons (Fsp3) is 0.667. The topological polar surface area (TPSA) is 71.1 Å². The monoisotopic (exact) mass is 383 g/mol. The third kappa shape index (κ3) is 4.38. The number of hydrogen-bond acceptors (Lipinski definition) is 4. The third-order valence-corrected chi connectivity index (χ3v) is 7.73. The first-order chi connectivity index (χ1) is 11.8. The summed E-state index contributed by atoms with van der Waals surface area (Å²) < 4.78 is 26.8. The summed E-state index contributed by atoms with van der Waals surface area (Å²) in [5.41, 5.74) is 0.937. The number of aromatic nitrogens is 1. The van der Waals surface area contributed by atoms with E-state index in [0.717, 1.165) is 37.1 Å². The largest absolute Gasteiger partial charge is 0.382 e.